The second kappa shape index (κ2) is 5.33. The minimum atomic E-state index is 0.230. The van der Waals surface area contributed by atoms with Crippen molar-refractivity contribution in [2.45, 2.75) is 26.3 Å². The maximum Gasteiger partial charge on any atom is 0.243 e. The van der Waals surface area contributed by atoms with Crippen LogP contribution in [0.3, 0.4) is 0 Å². The number of fused-ring (bicyclic) bond motifs is 1. The molecule has 0 aliphatic rings. The van der Waals surface area contributed by atoms with Gasteiger partial charge in [0.1, 0.15) is 0 Å². The Labute approximate surface area is 118 Å². The molecule has 4 heteroatoms. The van der Waals surface area contributed by atoms with Crippen molar-refractivity contribution in [2.75, 3.05) is 5.32 Å². The largest absolute Gasteiger partial charge is 0.346 e. The second-order valence-corrected chi connectivity index (χ2v) is 4.91. The number of hydrogen-bond acceptors (Lipinski definition) is 3. The Balaban J connectivity index is 1.90. The number of aryl methyl sites for hydroxylation is 1. The lowest BCUT2D eigenvalue weighted by Crippen LogP contribution is -2.10. The molecular formula is C16H18N4. The number of nitrogens with one attached hydrogen (secondary N) is 1. The van der Waals surface area contributed by atoms with Crippen molar-refractivity contribution in [3.63, 3.8) is 0 Å². The van der Waals surface area contributed by atoms with Gasteiger partial charge < -0.3 is 5.32 Å². The molecule has 2 aromatic heterocycles. The Morgan fingerprint density at radius 2 is 1.95 bits per heavy atom. The number of pyridine rings is 1. The molecule has 1 aromatic carbocycles. The summed E-state index contributed by atoms with van der Waals surface area (Å²) in [4.78, 5) is 4.57. The van der Waals surface area contributed by atoms with Crippen LogP contribution in [0.4, 0.5) is 5.95 Å². The van der Waals surface area contributed by atoms with Crippen LogP contribution in [0, 0.1) is 6.92 Å². The van der Waals surface area contributed by atoms with Crippen LogP contribution < -0.4 is 5.32 Å². The summed E-state index contributed by atoms with van der Waals surface area (Å²) in [5.41, 5.74) is 3.28. The van der Waals surface area contributed by atoms with Crippen LogP contribution in [-0.2, 0) is 0 Å². The third-order valence-electron chi connectivity index (χ3n) is 3.47. The number of aromatic nitrogens is 3. The predicted molar refractivity (Wildman–Crippen MR) is 80.8 cm³/mol. The Kier molecular flexibility index (Phi) is 3.37. The Morgan fingerprint density at radius 3 is 2.65 bits per heavy atom. The number of anilines is 1. The first-order valence-corrected chi connectivity index (χ1v) is 6.91. The van der Waals surface area contributed by atoms with Gasteiger partial charge in [-0.1, -0.05) is 43.3 Å². The van der Waals surface area contributed by atoms with Crippen molar-refractivity contribution in [2.24, 2.45) is 0 Å². The minimum Gasteiger partial charge on any atom is -0.346 e. The summed E-state index contributed by atoms with van der Waals surface area (Å²) in [6, 6.07) is 14.7. The molecule has 1 N–H and O–H groups in total. The molecule has 0 saturated heterocycles. The van der Waals surface area contributed by atoms with Crippen molar-refractivity contribution in [1.29, 1.82) is 0 Å². The summed E-state index contributed by atoms with van der Waals surface area (Å²) < 4.78 is 1.81. The average molecular weight is 266 g/mol. The van der Waals surface area contributed by atoms with Gasteiger partial charge in [0.15, 0.2) is 5.65 Å². The van der Waals surface area contributed by atoms with E-state index in [1.807, 2.05) is 35.8 Å². The molecule has 4 nitrogen and oxygen atoms in total. The van der Waals surface area contributed by atoms with Crippen molar-refractivity contribution in [3.8, 4) is 0 Å². The van der Waals surface area contributed by atoms with Crippen LogP contribution in [0.5, 0.6) is 0 Å². The minimum absolute atomic E-state index is 0.230. The predicted octanol–water partition coefficient (Wildman–Crippen LogP) is 3.60. The van der Waals surface area contributed by atoms with Gasteiger partial charge in [-0.3, -0.25) is 0 Å². The van der Waals surface area contributed by atoms with Gasteiger partial charge in [-0.05, 0) is 30.5 Å². The third-order valence-corrected chi connectivity index (χ3v) is 3.47. The molecule has 0 fully saturated rings. The van der Waals surface area contributed by atoms with E-state index in [2.05, 4.69) is 46.6 Å². The molecule has 2 heterocycles. The van der Waals surface area contributed by atoms with Crippen LogP contribution in [0.15, 0.2) is 48.7 Å². The quantitative estimate of drug-likeness (QED) is 0.784. The second-order valence-electron chi connectivity index (χ2n) is 4.91. The van der Waals surface area contributed by atoms with Crippen LogP contribution in [-0.4, -0.2) is 14.6 Å². The van der Waals surface area contributed by atoms with Gasteiger partial charge in [0.05, 0.1) is 6.04 Å². The van der Waals surface area contributed by atoms with Crippen molar-refractivity contribution >= 4 is 11.6 Å². The SMILES string of the molecule is CCC(Nc1nc2c(C)cccn2n1)c1ccccc1. The summed E-state index contributed by atoms with van der Waals surface area (Å²) in [7, 11) is 0. The fourth-order valence-electron chi connectivity index (χ4n) is 2.36. The highest BCUT2D eigenvalue weighted by Gasteiger charge is 2.12. The van der Waals surface area contributed by atoms with E-state index >= 15 is 0 Å². The van der Waals surface area contributed by atoms with Crippen molar-refractivity contribution < 1.29 is 0 Å². The van der Waals surface area contributed by atoms with E-state index in [1.54, 1.807) is 0 Å². The lowest BCUT2D eigenvalue weighted by molar-refractivity contribution is 0.737. The zero-order chi connectivity index (χ0) is 13.9. The van der Waals surface area contributed by atoms with Crippen LogP contribution >= 0.6 is 0 Å². The molecule has 0 bridgehead atoms. The summed E-state index contributed by atoms with van der Waals surface area (Å²) in [6.07, 6.45) is 2.91. The molecule has 3 aromatic rings. The van der Waals surface area contributed by atoms with Crippen molar-refractivity contribution in [1.82, 2.24) is 14.6 Å². The topological polar surface area (TPSA) is 42.2 Å². The molecule has 0 spiro atoms. The molecule has 20 heavy (non-hydrogen) atoms. The molecule has 3 rings (SSSR count). The number of rotatable bonds is 4. The first-order valence-electron chi connectivity index (χ1n) is 6.91. The van der Waals surface area contributed by atoms with Gasteiger partial charge in [-0.15, -0.1) is 5.10 Å². The van der Waals surface area contributed by atoms with E-state index in [9.17, 15) is 0 Å². The molecule has 0 amide bonds. The first kappa shape index (κ1) is 12.7. The summed E-state index contributed by atoms with van der Waals surface area (Å²) in [5, 5.41) is 7.90. The average Bonchev–Trinajstić information content (AvgIpc) is 2.90. The van der Waals surface area contributed by atoms with Crippen LogP contribution in [0.25, 0.3) is 5.65 Å². The number of hydrogen-bond donors (Lipinski definition) is 1. The van der Waals surface area contributed by atoms with Crippen LogP contribution in [0.1, 0.15) is 30.5 Å². The fraction of sp³-hybridized carbons (Fsp3) is 0.250. The smallest absolute Gasteiger partial charge is 0.243 e. The maximum absolute atomic E-state index is 4.57. The summed E-state index contributed by atoms with van der Waals surface area (Å²) in [6.45, 7) is 4.20. The summed E-state index contributed by atoms with van der Waals surface area (Å²) >= 11 is 0. The highest BCUT2D eigenvalue weighted by Crippen LogP contribution is 2.21. The highest BCUT2D eigenvalue weighted by molar-refractivity contribution is 5.50. The van der Waals surface area contributed by atoms with E-state index in [-0.39, 0.29) is 6.04 Å². The third kappa shape index (κ3) is 2.37. The molecule has 1 unspecified atom stereocenters. The van der Waals surface area contributed by atoms with Gasteiger partial charge in [-0.25, -0.2) is 4.52 Å². The molecular weight excluding hydrogens is 248 g/mol. The molecule has 1 atom stereocenters. The van der Waals surface area contributed by atoms with Gasteiger partial charge >= 0.3 is 0 Å². The molecule has 102 valence electrons. The Morgan fingerprint density at radius 1 is 1.15 bits per heavy atom. The lowest BCUT2D eigenvalue weighted by Gasteiger charge is -2.15. The van der Waals surface area contributed by atoms with Gasteiger partial charge in [-0.2, -0.15) is 4.98 Å². The Bertz CT molecular complexity index is 703. The molecule has 0 aliphatic heterocycles. The van der Waals surface area contributed by atoms with E-state index < -0.39 is 0 Å². The molecule has 0 radical (unpaired) electrons. The van der Waals surface area contributed by atoms with Gasteiger partial charge in [0.2, 0.25) is 5.95 Å². The Hall–Kier alpha value is -2.36. The highest BCUT2D eigenvalue weighted by atomic mass is 15.3. The zero-order valence-electron chi connectivity index (χ0n) is 11.7. The van der Waals surface area contributed by atoms with E-state index in [0.717, 1.165) is 17.6 Å². The van der Waals surface area contributed by atoms with E-state index in [0.29, 0.717) is 5.95 Å². The first-order chi connectivity index (χ1) is 9.78. The lowest BCUT2D eigenvalue weighted by atomic mass is 10.1. The normalized spacial score (nSPS) is 12.5. The molecule has 0 aliphatic carbocycles. The van der Waals surface area contributed by atoms with E-state index in [4.69, 9.17) is 0 Å². The number of benzene rings is 1. The van der Waals surface area contributed by atoms with Crippen LogP contribution in [0.2, 0.25) is 0 Å². The van der Waals surface area contributed by atoms with Gasteiger partial charge in [0.25, 0.3) is 0 Å². The standard InChI is InChI=1S/C16H18N4/c1-3-14(13-9-5-4-6-10-13)17-16-18-15-12(2)8-7-11-20(15)19-16/h4-11,14H,3H2,1-2H3,(H,17,19). The zero-order valence-corrected chi connectivity index (χ0v) is 11.7. The number of nitrogens with zero attached hydrogens (tertiary/aromatic N) is 3. The monoisotopic (exact) mass is 266 g/mol. The van der Waals surface area contributed by atoms with Gasteiger partial charge in [0, 0.05) is 6.20 Å². The van der Waals surface area contributed by atoms with Crippen molar-refractivity contribution in [3.05, 3.63) is 59.8 Å². The summed E-state index contributed by atoms with van der Waals surface area (Å²) in [5.74, 6) is 0.676. The van der Waals surface area contributed by atoms with E-state index in [1.165, 1.54) is 5.56 Å². The molecule has 0 saturated carbocycles. The maximum atomic E-state index is 4.57. The fourth-order valence-corrected chi connectivity index (χ4v) is 2.36.